The van der Waals surface area contributed by atoms with Gasteiger partial charge in [0.25, 0.3) is 0 Å². The SMILES string of the molecule is c1ccc(-c2ccc(N(c3ccccc3)c3ccc4oc5c(-c6nc7ccccc7o6)cccc5c4c3)cc2)cc1. The van der Waals surface area contributed by atoms with Gasteiger partial charge in [-0.15, -0.1) is 0 Å². The number of fused-ring (bicyclic) bond motifs is 4. The standard InChI is InChI=1S/C37H24N2O2/c1-3-10-25(11-4-1)26-18-20-28(21-19-26)39(27-12-5-2-6-13-27)29-22-23-34-32(24-29)30-14-9-15-31(36(30)40-34)37-38-33-16-7-8-17-35(33)41-37/h1-24H. The van der Waals surface area contributed by atoms with Crippen molar-refractivity contribution in [1.29, 1.82) is 0 Å². The molecule has 194 valence electrons. The maximum Gasteiger partial charge on any atom is 0.231 e. The maximum absolute atomic E-state index is 6.43. The van der Waals surface area contributed by atoms with E-state index in [0.717, 1.165) is 55.7 Å². The summed E-state index contributed by atoms with van der Waals surface area (Å²) in [6.45, 7) is 0. The molecule has 4 heteroatoms. The van der Waals surface area contributed by atoms with Gasteiger partial charge in [0.05, 0.1) is 5.56 Å². The molecule has 0 aliphatic heterocycles. The van der Waals surface area contributed by atoms with Crippen LogP contribution in [0.25, 0.3) is 55.6 Å². The molecular formula is C37H24N2O2. The summed E-state index contributed by atoms with van der Waals surface area (Å²) in [5.74, 6) is 0.556. The normalized spacial score (nSPS) is 11.4. The molecule has 0 N–H and O–H groups in total. The second kappa shape index (κ2) is 9.54. The van der Waals surface area contributed by atoms with Gasteiger partial charge in [0.15, 0.2) is 5.58 Å². The van der Waals surface area contributed by atoms with E-state index in [-0.39, 0.29) is 0 Å². The number of rotatable bonds is 5. The van der Waals surface area contributed by atoms with Crippen LogP contribution in [-0.2, 0) is 0 Å². The molecule has 2 aromatic heterocycles. The number of oxazole rings is 1. The van der Waals surface area contributed by atoms with Gasteiger partial charge in [-0.05, 0) is 71.8 Å². The van der Waals surface area contributed by atoms with E-state index in [1.54, 1.807) is 0 Å². The van der Waals surface area contributed by atoms with Crippen molar-refractivity contribution in [1.82, 2.24) is 4.98 Å². The average Bonchev–Trinajstić information content (AvgIpc) is 3.64. The van der Waals surface area contributed by atoms with Crippen LogP contribution in [0.3, 0.4) is 0 Å². The Bertz CT molecular complexity index is 2110. The van der Waals surface area contributed by atoms with Crippen molar-refractivity contribution in [2.75, 3.05) is 4.90 Å². The lowest BCUT2D eigenvalue weighted by Crippen LogP contribution is -2.09. The molecule has 0 amide bonds. The Morgan fingerprint density at radius 2 is 1.15 bits per heavy atom. The van der Waals surface area contributed by atoms with Crippen molar-refractivity contribution >= 4 is 50.1 Å². The van der Waals surface area contributed by atoms with E-state index in [9.17, 15) is 0 Å². The molecule has 8 rings (SSSR count). The molecule has 0 unspecified atom stereocenters. The zero-order valence-corrected chi connectivity index (χ0v) is 22.1. The van der Waals surface area contributed by atoms with Crippen LogP contribution >= 0.6 is 0 Å². The van der Waals surface area contributed by atoms with Crippen molar-refractivity contribution < 1.29 is 8.83 Å². The van der Waals surface area contributed by atoms with Gasteiger partial charge < -0.3 is 13.7 Å². The summed E-state index contributed by atoms with van der Waals surface area (Å²) in [6.07, 6.45) is 0. The molecule has 0 saturated heterocycles. The number of benzene rings is 6. The van der Waals surface area contributed by atoms with E-state index < -0.39 is 0 Å². The summed E-state index contributed by atoms with van der Waals surface area (Å²) in [7, 11) is 0. The number of hydrogen-bond acceptors (Lipinski definition) is 4. The second-order valence-electron chi connectivity index (χ2n) is 10.0. The predicted octanol–water partition coefficient (Wildman–Crippen LogP) is 10.5. The lowest BCUT2D eigenvalue weighted by atomic mass is 10.0. The third-order valence-electron chi connectivity index (χ3n) is 7.51. The Kier molecular flexibility index (Phi) is 5.42. The monoisotopic (exact) mass is 528 g/mol. The quantitative estimate of drug-likeness (QED) is 0.223. The molecule has 0 atom stereocenters. The van der Waals surface area contributed by atoms with Crippen molar-refractivity contribution in [2.45, 2.75) is 0 Å². The van der Waals surface area contributed by atoms with Crippen LogP contribution in [0.1, 0.15) is 0 Å². The average molecular weight is 529 g/mol. The first-order valence-electron chi connectivity index (χ1n) is 13.6. The van der Waals surface area contributed by atoms with E-state index in [0.29, 0.717) is 5.89 Å². The Balaban J connectivity index is 1.26. The molecule has 8 aromatic rings. The van der Waals surface area contributed by atoms with Gasteiger partial charge in [0.1, 0.15) is 16.7 Å². The lowest BCUT2D eigenvalue weighted by Gasteiger charge is -2.25. The van der Waals surface area contributed by atoms with Crippen molar-refractivity contribution in [3.63, 3.8) is 0 Å². The summed E-state index contributed by atoms with van der Waals surface area (Å²) in [4.78, 5) is 7.00. The smallest absolute Gasteiger partial charge is 0.231 e. The van der Waals surface area contributed by atoms with Gasteiger partial charge in [0, 0.05) is 27.8 Å². The van der Waals surface area contributed by atoms with Crippen LogP contribution in [-0.4, -0.2) is 4.98 Å². The van der Waals surface area contributed by atoms with Crippen LogP contribution in [0.15, 0.2) is 154 Å². The minimum absolute atomic E-state index is 0.556. The van der Waals surface area contributed by atoms with Gasteiger partial charge >= 0.3 is 0 Å². The van der Waals surface area contributed by atoms with Crippen molar-refractivity contribution in [3.8, 4) is 22.6 Å². The topological polar surface area (TPSA) is 42.4 Å². The minimum Gasteiger partial charge on any atom is -0.455 e. The Morgan fingerprint density at radius 1 is 0.463 bits per heavy atom. The minimum atomic E-state index is 0.556. The highest BCUT2D eigenvalue weighted by Crippen LogP contribution is 2.41. The molecule has 6 aromatic carbocycles. The van der Waals surface area contributed by atoms with E-state index in [1.165, 1.54) is 11.1 Å². The molecule has 0 saturated carbocycles. The molecule has 4 nitrogen and oxygen atoms in total. The highest BCUT2D eigenvalue weighted by atomic mass is 16.4. The summed E-state index contributed by atoms with van der Waals surface area (Å²) in [5, 5.41) is 2.06. The molecule has 0 bridgehead atoms. The van der Waals surface area contributed by atoms with Gasteiger partial charge in [-0.2, -0.15) is 0 Å². The van der Waals surface area contributed by atoms with Crippen LogP contribution in [0.4, 0.5) is 17.1 Å². The molecular weight excluding hydrogens is 504 g/mol. The van der Waals surface area contributed by atoms with E-state index in [1.807, 2.05) is 48.5 Å². The van der Waals surface area contributed by atoms with Crippen LogP contribution in [0, 0.1) is 0 Å². The molecule has 0 radical (unpaired) electrons. The zero-order valence-electron chi connectivity index (χ0n) is 22.1. The van der Waals surface area contributed by atoms with Gasteiger partial charge in [0.2, 0.25) is 5.89 Å². The third kappa shape index (κ3) is 4.05. The zero-order chi connectivity index (χ0) is 27.2. The number of para-hydroxylation sites is 4. The number of anilines is 3. The van der Waals surface area contributed by atoms with E-state index in [4.69, 9.17) is 13.8 Å². The third-order valence-corrected chi connectivity index (χ3v) is 7.51. The maximum atomic E-state index is 6.43. The fourth-order valence-electron chi connectivity index (χ4n) is 5.54. The summed E-state index contributed by atoms with van der Waals surface area (Å²) >= 11 is 0. The van der Waals surface area contributed by atoms with Crippen molar-refractivity contribution in [2.24, 2.45) is 0 Å². The Morgan fingerprint density at radius 3 is 1.95 bits per heavy atom. The van der Waals surface area contributed by atoms with E-state index in [2.05, 4.69) is 102 Å². The first-order valence-corrected chi connectivity index (χ1v) is 13.6. The van der Waals surface area contributed by atoms with Crippen molar-refractivity contribution in [3.05, 3.63) is 146 Å². The van der Waals surface area contributed by atoms with Crippen LogP contribution < -0.4 is 4.90 Å². The number of nitrogens with zero attached hydrogens (tertiary/aromatic N) is 2. The molecule has 0 spiro atoms. The Hall–Kier alpha value is -5.61. The molecule has 41 heavy (non-hydrogen) atoms. The number of aromatic nitrogens is 1. The first-order chi connectivity index (χ1) is 20.3. The summed E-state index contributed by atoms with van der Waals surface area (Å²) in [5.41, 5.74) is 9.61. The fourth-order valence-corrected chi connectivity index (χ4v) is 5.54. The first kappa shape index (κ1) is 23.3. The number of hydrogen-bond donors (Lipinski definition) is 0. The second-order valence-corrected chi connectivity index (χ2v) is 10.0. The molecule has 0 fully saturated rings. The van der Waals surface area contributed by atoms with Gasteiger partial charge in [-0.25, -0.2) is 4.98 Å². The highest BCUT2D eigenvalue weighted by Gasteiger charge is 2.19. The van der Waals surface area contributed by atoms with E-state index >= 15 is 0 Å². The van der Waals surface area contributed by atoms with Gasteiger partial charge in [-0.3, -0.25) is 0 Å². The highest BCUT2D eigenvalue weighted by molar-refractivity contribution is 6.10. The molecule has 0 aliphatic carbocycles. The fraction of sp³-hybridized carbons (Fsp3) is 0. The summed E-state index contributed by atoms with van der Waals surface area (Å²) < 4.78 is 12.5. The van der Waals surface area contributed by atoms with Gasteiger partial charge in [-0.1, -0.05) is 84.9 Å². The molecule has 2 heterocycles. The summed E-state index contributed by atoms with van der Waals surface area (Å²) in [6, 6.07) is 49.9. The van der Waals surface area contributed by atoms with Crippen LogP contribution in [0.5, 0.6) is 0 Å². The predicted molar refractivity (Wildman–Crippen MR) is 167 cm³/mol. The largest absolute Gasteiger partial charge is 0.455 e. The molecule has 0 aliphatic rings. The lowest BCUT2D eigenvalue weighted by molar-refractivity contribution is 0.615. The Labute approximate surface area is 236 Å². The number of furan rings is 1. The van der Waals surface area contributed by atoms with Crippen LogP contribution in [0.2, 0.25) is 0 Å².